The van der Waals surface area contributed by atoms with E-state index in [-0.39, 0.29) is 0 Å². The van der Waals surface area contributed by atoms with Crippen LogP contribution in [0.15, 0.2) is 58.9 Å². The van der Waals surface area contributed by atoms with Crippen LogP contribution in [0.2, 0.25) is 5.02 Å². The molecule has 0 bridgehead atoms. The zero-order chi connectivity index (χ0) is 20.2. The maximum atomic E-state index is 12.3. The predicted octanol–water partition coefficient (Wildman–Crippen LogP) is 4.82. The van der Waals surface area contributed by atoms with E-state index in [0.29, 0.717) is 18.0 Å². The summed E-state index contributed by atoms with van der Waals surface area (Å²) >= 11 is 5.97. The number of halogens is 1. The van der Waals surface area contributed by atoms with Crippen LogP contribution in [0.25, 0.3) is 10.9 Å². The van der Waals surface area contributed by atoms with Gasteiger partial charge in [-0.3, -0.25) is 5.01 Å². The molecular weight excluding hydrogens is 390 g/mol. The van der Waals surface area contributed by atoms with Gasteiger partial charge in [-0.2, -0.15) is 0 Å². The first kappa shape index (κ1) is 19.3. The van der Waals surface area contributed by atoms with Crippen LogP contribution in [0.4, 0.5) is 11.4 Å². The number of anilines is 1. The van der Waals surface area contributed by atoms with Crippen LogP contribution in [-0.2, 0) is 4.74 Å². The van der Waals surface area contributed by atoms with Gasteiger partial charge in [0.2, 0.25) is 0 Å². The van der Waals surface area contributed by atoms with Gasteiger partial charge in [0.25, 0.3) is 0 Å². The first-order valence-electron chi connectivity index (χ1n) is 9.60. The van der Waals surface area contributed by atoms with Crippen molar-refractivity contribution in [2.75, 3.05) is 37.7 Å². The molecule has 2 aromatic carbocycles. The van der Waals surface area contributed by atoms with E-state index in [2.05, 4.69) is 20.2 Å². The molecule has 0 spiro atoms. The summed E-state index contributed by atoms with van der Waals surface area (Å²) in [5.41, 5.74) is 2.82. The zero-order valence-corrected chi connectivity index (χ0v) is 16.9. The van der Waals surface area contributed by atoms with Crippen molar-refractivity contribution in [1.82, 2.24) is 9.99 Å². The highest BCUT2D eigenvalue weighted by Crippen LogP contribution is 2.31. The lowest BCUT2D eigenvalue weighted by Crippen LogP contribution is -2.43. The number of rotatable bonds is 5. The van der Waals surface area contributed by atoms with Crippen LogP contribution in [0, 0.1) is 0 Å². The third-order valence-electron chi connectivity index (χ3n) is 4.88. The number of fused-ring (bicyclic) bond motifs is 1. The molecule has 4 rings (SSSR count). The van der Waals surface area contributed by atoms with Gasteiger partial charge in [0, 0.05) is 34.7 Å². The van der Waals surface area contributed by atoms with E-state index in [1.165, 1.54) is 0 Å². The van der Waals surface area contributed by atoms with Crippen LogP contribution in [-0.4, -0.2) is 48.7 Å². The fourth-order valence-corrected chi connectivity index (χ4v) is 3.51. The Bertz CT molecular complexity index is 1020. The molecule has 8 heteroatoms. The molecule has 1 saturated heterocycles. The Labute approximate surface area is 173 Å². The number of aromatic amines is 1. The van der Waals surface area contributed by atoms with Crippen molar-refractivity contribution in [3.8, 4) is 0 Å². The van der Waals surface area contributed by atoms with E-state index in [1.807, 2.05) is 53.5 Å². The van der Waals surface area contributed by atoms with Gasteiger partial charge in [0.05, 0.1) is 19.7 Å². The minimum absolute atomic E-state index is 0.303. The molecular formula is C21H22ClN5O2. The number of piperazine rings is 1. The van der Waals surface area contributed by atoms with Crippen molar-refractivity contribution in [1.29, 1.82) is 0 Å². The average Bonchev–Trinajstić information content (AvgIpc) is 3.12. The maximum absolute atomic E-state index is 12.3. The minimum atomic E-state index is -0.426. The summed E-state index contributed by atoms with van der Waals surface area (Å²) in [6, 6.07) is 15.5. The second-order valence-corrected chi connectivity index (χ2v) is 7.16. The van der Waals surface area contributed by atoms with Crippen molar-refractivity contribution in [3.63, 3.8) is 0 Å². The van der Waals surface area contributed by atoms with Gasteiger partial charge in [0.1, 0.15) is 5.69 Å². The number of H-pyrrole nitrogens is 1. The quantitative estimate of drug-likeness (QED) is 0.482. The number of para-hydroxylation sites is 1. The van der Waals surface area contributed by atoms with E-state index in [9.17, 15) is 4.79 Å². The summed E-state index contributed by atoms with van der Waals surface area (Å²) in [5, 5.41) is 12.3. The number of hydrogen-bond acceptors (Lipinski definition) is 5. The van der Waals surface area contributed by atoms with Gasteiger partial charge >= 0.3 is 5.97 Å². The van der Waals surface area contributed by atoms with Crippen molar-refractivity contribution < 1.29 is 9.53 Å². The number of esters is 1. The lowest BCUT2D eigenvalue weighted by atomic mass is 10.2. The molecule has 0 aliphatic carbocycles. The average molecular weight is 412 g/mol. The zero-order valence-electron chi connectivity index (χ0n) is 16.1. The SMILES string of the molecule is CCOC(=O)c1[nH]c2ccccc2c1N=NN1CCN(c2ccc(Cl)cc2)CC1. The first-order chi connectivity index (χ1) is 14.2. The van der Waals surface area contributed by atoms with Crippen LogP contribution in [0.1, 0.15) is 17.4 Å². The number of carbonyl (C=O) groups excluding carboxylic acids is 1. The third kappa shape index (κ3) is 4.19. The van der Waals surface area contributed by atoms with E-state index in [0.717, 1.165) is 47.8 Å². The molecule has 1 aliphatic rings. The normalized spacial score (nSPS) is 14.7. The molecule has 29 heavy (non-hydrogen) atoms. The number of ether oxygens (including phenoxy) is 1. The third-order valence-corrected chi connectivity index (χ3v) is 5.13. The highest BCUT2D eigenvalue weighted by molar-refractivity contribution is 6.30. The van der Waals surface area contributed by atoms with Gasteiger partial charge < -0.3 is 14.6 Å². The fourth-order valence-electron chi connectivity index (χ4n) is 3.39. The van der Waals surface area contributed by atoms with Gasteiger partial charge in [-0.05, 0) is 37.3 Å². The van der Waals surface area contributed by atoms with E-state index in [4.69, 9.17) is 16.3 Å². The Kier molecular flexibility index (Phi) is 5.67. The van der Waals surface area contributed by atoms with Crippen LogP contribution in [0.3, 0.4) is 0 Å². The number of carbonyl (C=O) groups is 1. The molecule has 0 radical (unpaired) electrons. The minimum Gasteiger partial charge on any atom is -0.461 e. The molecule has 7 nitrogen and oxygen atoms in total. The monoisotopic (exact) mass is 411 g/mol. The highest BCUT2D eigenvalue weighted by Gasteiger charge is 2.20. The fraction of sp³-hybridized carbons (Fsp3) is 0.286. The Balaban J connectivity index is 1.49. The Hall–Kier alpha value is -3.06. The molecule has 0 unspecified atom stereocenters. The Morgan fingerprint density at radius 1 is 1.10 bits per heavy atom. The number of nitrogens with one attached hydrogen (secondary N) is 1. The number of hydrogen-bond donors (Lipinski definition) is 1. The summed E-state index contributed by atoms with van der Waals surface area (Å²) in [5.74, 6) is -0.426. The summed E-state index contributed by atoms with van der Waals surface area (Å²) in [4.78, 5) is 17.7. The number of benzene rings is 2. The molecule has 1 N–H and O–H groups in total. The number of nitrogens with zero attached hydrogens (tertiary/aromatic N) is 4. The topological polar surface area (TPSA) is 73.3 Å². The summed E-state index contributed by atoms with van der Waals surface area (Å²) in [6.45, 7) is 5.23. The molecule has 2 heterocycles. The molecule has 1 fully saturated rings. The predicted molar refractivity (Wildman–Crippen MR) is 114 cm³/mol. The summed E-state index contributed by atoms with van der Waals surface area (Å²) in [6.07, 6.45) is 0. The van der Waals surface area contributed by atoms with Crippen molar-refractivity contribution in [2.24, 2.45) is 10.3 Å². The molecule has 0 saturated carbocycles. The van der Waals surface area contributed by atoms with E-state index < -0.39 is 5.97 Å². The van der Waals surface area contributed by atoms with Gasteiger partial charge in [0.15, 0.2) is 5.69 Å². The summed E-state index contributed by atoms with van der Waals surface area (Å²) < 4.78 is 5.16. The van der Waals surface area contributed by atoms with Crippen molar-refractivity contribution in [2.45, 2.75) is 6.92 Å². The molecule has 1 aliphatic heterocycles. The van der Waals surface area contributed by atoms with E-state index in [1.54, 1.807) is 6.92 Å². The highest BCUT2D eigenvalue weighted by atomic mass is 35.5. The maximum Gasteiger partial charge on any atom is 0.357 e. The van der Waals surface area contributed by atoms with Crippen LogP contribution in [0.5, 0.6) is 0 Å². The van der Waals surface area contributed by atoms with Crippen LogP contribution >= 0.6 is 11.6 Å². The molecule has 0 amide bonds. The molecule has 150 valence electrons. The molecule has 1 aromatic heterocycles. The van der Waals surface area contributed by atoms with Crippen molar-refractivity contribution in [3.05, 3.63) is 59.2 Å². The first-order valence-corrected chi connectivity index (χ1v) is 9.98. The largest absolute Gasteiger partial charge is 0.461 e. The summed E-state index contributed by atoms with van der Waals surface area (Å²) in [7, 11) is 0. The second-order valence-electron chi connectivity index (χ2n) is 6.72. The molecule has 0 atom stereocenters. The van der Waals surface area contributed by atoms with Crippen LogP contribution < -0.4 is 4.90 Å². The smallest absolute Gasteiger partial charge is 0.357 e. The van der Waals surface area contributed by atoms with Gasteiger partial charge in [-0.25, -0.2) is 4.79 Å². The van der Waals surface area contributed by atoms with Gasteiger partial charge in [-0.15, -0.1) is 5.11 Å². The lowest BCUT2D eigenvalue weighted by Gasteiger charge is -2.33. The van der Waals surface area contributed by atoms with E-state index >= 15 is 0 Å². The standard InChI is InChI=1S/C21H22ClN5O2/c1-2-29-21(28)20-19(17-5-3-4-6-18(17)23-20)24-25-27-13-11-26(12-14-27)16-9-7-15(22)8-10-16/h3-10,23H,2,11-14H2,1H3. The van der Waals surface area contributed by atoms with Crippen molar-refractivity contribution >= 4 is 39.8 Å². The Morgan fingerprint density at radius 2 is 1.83 bits per heavy atom. The molecule has 3 aromatic rings. The lowest BCUT2D eigenvalue weighted by molar-refractivity contribution is 0.0521. The van der Waals surface area contributed by atoms with Gasteiger partial charge in [-0.1, -0.05) is 35.0 Å². The Morgan fingerprint density at radius 3 is 2.55 bits per heavy atom. The second kappa shape index (κ2) is 8.53. The number of aromatic nitrogens is 1.